The van der Waals surface area contributed by atoms with E-state index in [9.17, 15) is 9.59 Å². The number of amides is 1. The Labute approximate surface area is 177 Å². The van der Waals surface area contributed by atoms with Gasteiger partial charge in [-0.3, -0.25) is 9.69 Å². The Balaban J connectivity index is 1.84. The molecule has 0 radical (unpaired) electrons. The standard InChI is InChI=1S/C23H30N2O3S/c1-4-17(5-2)21(26)24-22-20(23(27)28-6-3)18-12-13-25(15-19(18)29-22)14-16-10-8-7-9-11-16/h7-11,17H,4-6,12-15H2,1-3H3,(H,24,26). The van der Waals surface area contributed by atoms with Gasteiger partial charge in [-0.1, -0.05) is 44.2 Å². The molecule has 29 heavy (non-hydrogen) atoms. The Kier molecular flexibility index (Phi) is 7.45. The van der Waals surface area contributed by atoms with Crippen LogP contribution in [0.15, 0.2) is 30.3 Å². The molecule has 1 aromatic carbocycles. The first-order valence-electron chi connectivity index (χ1n) is 10.5. The minimum absolute atomic E-state index is 0.0136. The Bertz CT molecular complexity index is 843. The van der Waals surface area contributed by atoms with Gasteiger partial charge in [-0.15, -0.1) is 11.3 Å². The molecule has 3 rings (SSSR count). The normalized spacial score (nSPS) is 13.9. The van der Waals surface area contributed by atoms with Crippen molar-refractivity contribution < 1.29 is 14.3 Å². The van der Waals surface area contributed by atoms with Crippen LogP contribution in [0.1, 0.15) is 60.0 Å². The third kappa shape index (κ3) is 5.06. The molecule has 1 N–H and O–H groups in total. The highest BCUT2D eigenvalue weighted by Gasteiger charge is 2.30. The van der Waals surface area contributed by atoms with E-state index in [4.69, 9.17) is 4.74 Å². The number of anilines is 1. The second-order valence-electron chi connectivity index (χ2n) is 7.38. The largest absolute Gasteiger partial charge is 0.462 e. The molecule has 2 aromatic rings. The molecule has 1 aromatic heterocycles. The minimum Gasteiger partial charge on any atom is -0.462 e. The van der Waals surface area contributed by atoms with E-state index in [-0.39, 0.29) is 17.8 Å². The first-order valence-corrected chi connectivity index (χ1v) is 11.3. The van der Waals surface area contributed by atoms with Gasteiger partial charge in [0.1, 0.15) is 5.00 Å². The van der Waals surface area contributed by atoms with Crippen molar-refractivity contribution in [2.24, 2.45) is 5.92 Å². The van der Waals surface area contributed by atoms with Crippen LogP contribution in [0.5, 0.6) is 0 Å². The molecule has 5 nitrogen and oxygen atoms in total. The molecule has 1 amide bonds. The highest BCUT2D eigenvalue weighted by molar-refractivity contribution is 7.17. The summed E-state index contributed by atoms with van der Waals surface area (Å²) in [6.45, 7) is 8.70. The SMILES string of the molecule is CCOC(=O)c1c(NC(=O)C(CC)CC)sc2c1CCN(Cc1ccccc1)C2. The van der Waals surface area contributed by atoms with Crippen LogP contribution in [-0.4, -0.2) is 29.9 Å². The van der Waals surface area contributed by atoms with Crippen LogP contribution in [0, 0.1) is 5.92 Å². The van der Waals surface area contributed by atoms with Crippen LogP contribution in [-0.2, 0) is 29.0 Å². The predicted octanol–water partition coefficient (Wildman–Crippen LogP) is 4.86. The highest BCUT2D eigenvalue weighted by atomic mass is 32.1. The maximum absolute atomic E-state index is 12.7. The number of nitrogens with one attached hydrogen (secondary N) is 1. The van der Waals surface area contributed by atoms with E-state index in [0.717, 1.165) is 49.3 Å². The number of hydrogen-bond acceptors (Lipinski definition) is 5. The van der Waals surface area contributed by atoms with Crippen LogP contribution in [0.25, 0.3) is 0 Å². The third-order valence-electron chi connectivity index (χ3n) is 5.46. The van der Waals surface area contributed by atoms with E-state index < -0.39 is 0 Å². The average molecular weight is 415 g/mol. The summed E-state index contributed by atoms with van der Waals surface area (Å²) >= 11 is 1.52. The highest BCUT2D eigenvalue weighted by Crippen LogP contribution is 2.38. The van der Waals surface area contributed by atoms with Crippen LogP contribution < -0.4 is 5.32 Å². The molecule has 0 bridgehead atoms. The first kappa shape index (κ1) is 21.5. The number of carbonyl (C=O) groups is 2. The molecule has 6 heteroatoms. The van der Waals surface area contributed by atoms with E-state index in [1.54, 1.807) is 6.92 Å². The van der Waals surface area contributed by atoms with Crippen LogP contribution in [0.4, 0.5) is 5.00 Å². The number of thiophene rings is 1. The van der Waals surface area contributed by atoms with Gasteiger partial charge in [0.05, 0.1) is 12.2 Å². The Hall–Kier alpha value is -2.18. The summed E-state index contributed by atoms with van der Waals surface area (Å²) in [5, 5.41) is 3.68. The van der Waals surface area contributed by atoms with Gasteiger partial charge in [0.15, 0.2) is 0 Å². The summed E-state index contributed by atoms with van der Waals surface area (Å²) in [7, 11) is 0. The van der Waals surface area contributed by atoms with Crippen molar-refractivity contribution in [2.75, 3.05) is 18.5 Å². The number of carbonyl (C=O) groups excluding carboxylic acids is 2. The Morgan fingerprint density at radius 2 is 1.90 bits per heavy atom. The summed E-state index contributed by atoms with van der Waals surface area (Å²) in [4.78, 5) is 28.9. The second kappa shape index (κ2) is 10.0. The molecule has 0 saturated heterocycles. The fourth-order valence-corrected chi connectivity index (χ4v) is 5.09. The molecule has 1 aliphatic heterocycles. The Morgan fingerprint density at radius 3 is 2.55 bits per heavy atom. The number of benzene rings is 1. The molecule has 2 heterocycles. The zero-order valence-corrected chi connectivity index (χ0v) is 18.3. The number of rotatable bonds is 8. The van der Waals surface area contributed by atoms with Crippen molar-refractivity contribution in [2.45, 2.75) is 53.1 Å². The summed E-state index contributed by atoms with van der Waals surface area (Å²) in [6.07, 6.45) is 2.35. The van der Waals surface area contributed by atoms with Gasteiger partial charge >= 0.3 is 5.97 Å². The van der Waals surface area contributed by atoms with Gasteiger partial charge in [0.25, 0.3) is 0 Å². The summed E-state index contributed by atoms with van der Waals surface area (Å²) < 4.78 is 5.31. The fourth-order valence-electron chi connectivity index (χ4n) is 3.81. The van der Waals surface area contributed by atoms with Crippen LogP contribution in [0.3, 0.4) is 0 Å². The molecular weight excluding hydrogens is 384 g/mol. The van der Waals surface area contributed by atoms with E-state index in [2.05, 4.69) is 34.5 Å². The van der Waals surface area contributed by atoms with Gasteiger partial charge in [-0.2, -0.15) is 0 Å². The maximum atomic E-state index is 12.7. The molecule has 0 atom stereocenters. The summed E-state index contributed by atoms with van der Waals surface area (Å²) in [5.41, 5.74) is 2.88. The summed E-state index contributed by atoms with van der Waals surface area (Å²) in [6, 6.07) is 10.4. The zero-order valence-electron chi connectivity index (χ0n) is 17.5. The van der Waals surface area contributed by atoms with E-state index in [1.807, 2.05) is 19.9 Å². The van der Waals surface area contributed by atoms with Gasteiger partial charge in [-0.05, 0) is 37.3 Å². The maximum Gasteiger partial charge on any atom is 0.341 e. The number of hydrogen-bond donors (Lipinski definition) is 1. The van der Waals surface area contributed by atoms with E-state index in [0.29, 0.717) is 17.2 Å². The monoisotopic (exact) mass is 414 g/mol. The molecule has 0 fully saturated rings. The van der Waals surface area contributed by atoms with Gasteiger partial charge in [0.2, 0.25) is 5.91 Å². The molecule has 0 aliphatic carbocycles. The lowest BCUT2D eigenvalue weighted by molar-refractivity contribution is -0.120. The summed E-state index contributed by atoms with van der Waals surface area (Å²) in [5.74, 6) is -0.389. The molecule has 0 saturated carbocycles. The van der Waals surface area contributed by atoms with Gasteiger partial charge in [0, 0.05) is 30.4 Å². The van der Waals surface area contributed by atoms with Crippen LogP contribution in [0.2, 0.25) is 0 Å². The molecule has 0 unspecified atom stereocenters. The van der Waals surface area contributed by atoms with Crippen molar-refractivity contribution in [1.82, 2.24) is 4.90 Å². The number of esters is 1. The van der Waals surface area contributed by atoms with Crippen LogP contribution >= 0.6 is 11.3 Å². The van der Waals surface area contributed by atoms with Crippen molar-refractivity contribution in [3.63, 3.8) is 0 Å². The molecule has 156 valence electrons. The molecule has 1 aliphatic rings. The smallest absolute Gasteiger partial charge is 0.341 e. The van der Waals surface area contributed by atoms with Gasteiger partial charge < -0.3 is 10.1 Å². The zero-order chi connectivity index (χ0) is 20.8. The van der Waals surface area contributed by atoms with E-state index in [1.165, 1.54) is 16.9 Å². The van der Waals surface area contributed by atoms with E-state index >= 15 is 0 Å². The fraction of sp³-hybridized carbons (Fsp3) is 0.478. The van der Waals surface area contributed by atoms with Gasteiger partial charge in [-0.25, -0.2) is 4.79 Å². The lowest BCUT2D eigenvalue weighted by Crippen LogP contribution is -2.30. The topological polar surface area (TPSA) is 58.6 Å². The van der Waals surface area contributed by atoms with Crippen molar-refractivity contribution >= 4 is 28.2 Å². The quantitative estimate of drug-likeness (QED) is 0.627. The second-order valence-corrected chi connectivity index (χ2v) is 8.48. The molecular formula is C23H30N2O3S. The Morgan fingerprint density at radius 1 is 1.17 bits per heavy atom. The number of ether oxygens (including phenoxy) is 1. The predicted molar refractivity (Wildman–Crippen MR) is 117 cm³/mol. The first-order chi connectivity index (χ1) is 14.1. The minimum atomic E-state index is -0.332. The van der Waals surface area contributed by atoms with Crippen molar-refractivity contribution in [1.29, 1.82) is 0 Å². The lowest BCUT2D eigenvalue weighted by Gasteiger charge is -2.27. The number of fused-ring (bicyclic) bond motifs is 1. The number of nitrogens with zero attached hydrogens (tertiary/aromatic N) is 1. The average Bonchev–Trinajstić information content (AvgIpc) is 3.07. The van der Waals surface area contributed by atoms with Crippen molar-refractivity contribution in [3.8, 4) is 0 Å². The third-order valence-corrected chi connectivity index (χ3v) is 6.59. The molecule has 0 spiro atoms. The van der Waals surface area contributed by atoms with Crippen molar-refractivity contribution in [3.05, 3.63) is 51.9 Å². The lowest BCUT2D eigenvalue weighted by atomic mass is 10.0.